The van der Waals surface area contributed by atoms with Crippen LogP contribution in [0.5, 0.6) is 5.75 Å². The second-order valence-corrected chi connectivity index (χ2v) is 6.17. The lowest BCUT2D eigenvalue weighted by Crippen LogP contribution is -2.41. The Hall–Kier alpha value is -2.34. The van der Waals surface area contributed by atoms with E-state index in [0.717, 1.165) is 42.9 Å². The normalized spacial score (nSPS) is 17.3. The van der Waals surface area contributed by atoms with Gasteiger partial charge < -0.3 is 15.0 Å². The van der Waals surface area contributed by atoms with Gasteiger partial charge in [-0.3, -0.25) is 4.79 Å². The number of nitrogens with zero attached hydrogens (tertiary/aromatic N) is 3. The summed E-state index contributed by atoms with van der Waals surface area (Å²) in [5.41, 5.74) is 2.43. The van der Waals surface area contributed by atoms with Crippen molar-refractivity contribution >= 4 is 5.91 Å². The lowest BCUT2D eigenvalue weighted by atomic mass is 10.2. The van der Waals surface area contributed by atoms with Crippen LogP contribution in [0, 0.1) is 6.92 Å². The van der Waals surface area contributed by atoms with E-state index in [1.54, 1.807) is 17.9 Å². The zero-order valence-corrected chi connectivity index (χ0v) is 14.5. The standard InChI is InChI=1S/C18H24N4O2/c1-13-6-7-17(24-3)16(11-13)22-10-8-15(20-22)18(23)21-9-4-5-14(21)12-19-2/h6-8,10-11,14,19H,4-5,9,12H2,1-3H3. The molecule has 24 heavy (non-hydrogen) atoms. The maximum absolute atomic E-state index is 12.8. The highest BCUT2D eigenvalue weighted by Gasteiger charge is 2.30. The van der Waals surface area contributed by atoms with Gasteiger partial charge in [0.05, 0.1) is 7.11 Å². The first kappa shape index (κ1) is 16.5. The molecule has 1 aromatic carbocycles. The van der Waals surface area contributed by atoms with Gasteiger partial charge in [-0.2, -0.15) is 5.10 Å². The van der Waals surface area contributed by atoms with E-state index in [4.69, 9.17) is 4.74 Å². The number of hydrogen-bond donors (Lipinski definition) is 1. The largest absolute Gasteiger partial charge is 0.494 e. The average Bonchev–Trinajstić information content (AvgIpc) is 3.24. The van der Waals surface area contributed by atoms with Crippen LogP contribution in [0.25, 0.3) is 5.69 Å². The number of likely N-dealkylation sites (tertiary alicyclic amines) is 1. The minimum absolute atomic E-state index is 0.00174. The van der Waals surface area contributed by atoms with E-state index >= 15 is 0 Å². The molecule has 1 N–H and O–H groups in total. The van der Waals surface area contributed by atoms with Crippen molar-refractivity contribution in [2.24, 2.45) is 0 Å². The van der Waals surface area contributed by atoms with Gasteiger partial charge in [-0.1, -0.05) is 6.07 Å². The van der Waals surface area contributed by atoms with E-state index < -0.39 is 0 Å². The number of aryl methyl sites for hydroxylation is 1. The molecule has 0 saturated carbocycles. The lowest BCUT2D eigenvalue weighted by molar-refractivity contribution is 0.0730. The fourth-order valence-electron chi connectivity index (χ4n) is 3.25. The van der Waals surface area contributed by atoms with Gasteiger partial charge in [0.1, 0.15) is 11.4 Å². The molecule has 6 heteroatoms. The third kappa shape index (κ3) is 3.14. The van der Waals surface area contributed by atoms with Crippen LogP contribution in [0.15, 0.2) is 30.5 Å². The number of ether oxygens (including phenoxy) is 1. The van der Waals surface area contributed by atoms with Crippen LogP contribution in [0.2, 0.25) is 0 Å². The molecule has 0 radical (unpaired) electrons. The van der Waals surface area contributed by atoms with Crippen LogP contribution >= 0.6 is 0 Å². The van der Waals surface area contributed by atoms with Crippen molar-refractivity contribution in [3.05, 3.63) is 41.7 Å². The number of benzene rings is 1. The number of methoxy groups -OCH3 is 1. The number of amides is 1. The number of aromatic nitrogens is 2. The molecule has 0 spiro atoms. The van der Waals surface area contributed by atoms with E-state index in [0.29, 0.717) is 5.69 Å². The summed E-state index contributed by atoms with van der Waals surface area (Å²) in [4.78, 5) is 14.7. The number of hydrogen-bond acceptors (Lipinski definition) is 4. The van der Waals surface area contributed by atoms with Crippen molar-refractivity contribution in [1.29, 1.82) is 0 Å². The molecule has 3 rings (SSSR count). The number of likely N-dealkylation sites (N-methyl/N-ethyl adjacent to an activating group) is 1. The van der Waals surface area contributed by atoms with Gasteiger partial charge >= 0.3 is 0 Å². The Kier molecular flexibility index (Phi) is 4.85. The Balaban J connectivity index is 1.86. The van der Waals surface area contributed by atoms with Gasteiger partial charge in [-0.25, -0.2) is 4.68 Å². The Morgan fingerprint density at radius 1 is 1.42 bits per heavy atom. The van der Waals surface area contributed by atoms with Crippen molar-refractivity contribution in [3.8, 4) is 11.4 Å². The van der Waals surface area contributed by atoms with E-state index in [2.05, 4.69) is 10.4 Å². The molecule has 2 aromatic rings. The van der Waals surface area contributed by atoms with Crippen molar-refractivity contribution in [2.75, 3.05) is 27.2 Å². The smallest absolute Gasteiger partial charge is 0.274 e. The first-order chi connectivity index (χ1) is 11.6. The molecule has 0 bridgehead atoms. The minimum atomic E-state index is -0.00174. The molecule has 2 heterocycles. The fourth-order valence-corrected chi connectivity index (χ4v) is 3.25. The highest BCUT2D eigenvalue weighted by molar-refractivity contribution is 5.92. The summed E-state index contributed by atoms with van der Waals surface area (Å²) in [6, 6.07) is 7.93. The Bertz CT molecular complexity index is 726. The first-order valence-electron chi connectivity index (χ1n) is 8.30. The molecule has 1 aliphatic rings. The van der Waals surface area contributed by atoms with Gasteiger partial charge in [-0.05, 0) is 50.6 Å². The Morgan fingerprint density at radius 2 is 2.25 bits per heavy atom. The second-order valence-electron chi connectivity index (χ2n) is 6.17. The maximum Gasteiger partial charge on any atom is 0.274 e. The average molecular weight is 328 g/mol. The Morgan fingerprint density at radius 3 is 3.00 bits per heavy atom. The van der Waals surface area contributed by atoms with Crippen molar-refractivity contribution in [2.45, 2.75) is 25.8 Å². The zero-order valence-electron chi connectivity index (χ0n) is 14.5. The fraction of sp³-hybridized carbons (Fsp3) is 0.444. The van der Waals surface area contributed by atoms with E-state index in [1.807, 2.05) is 43.3 Å². The second kappa shape index (κ2) is 7.05. The SMILES string of the molecule is CNCC1CCCN1C(=O)c1ccn(-c2cc(C)ccc2OC)n1. The maximum atomic E-state index is 12.8. The molecule has 1 atom stereocenters. The first-order valence-corrected chi connectivity index (χ1v) is 8.30. The van der Waals surface area contributed by atoms with E-state index in [9.17, 15) is 4.79 Å². The molecule has 0 aliphatic carbocycles. The molecular formula is C18H24N4O2. The topological polar surface area (TPSA) is 59.4 Å². The highest BCUT2D eigenvalue weighted by atomic mass is 16.5. The third-order valence-electron chi connectivity index (χ3n) is 4.47. The molecule has 1 saturated heterocycles. The number of rotatable bonds is 5. The number of nitrogens with one attached hydrogen (secondary N) is 1. The van der Waals surface area contributed by atoms with Crippen molar-refractivity contribution < 1.29 is 9.53 Å². The summed E-state index contributed by atoms with van der Waals surface area (Å²) < 4.78 is 7.12. The summed E-state index contributed by atoms with van der Waals surface area (Å²) in [6.07, 6.45) is 3.90. The van der Waals surface area contributed by atoms with Crippen LogP contribution in [0.3, 0.4) is 0 Å². The van der Waals surface area contributed by atoms with E-state index in [-0.39, 0.29) is 11.9 Å². The van der Waals surface area contributed by atoms with Gasteiger partial charge in [-0.15, -0.1) is 0 Å². The molecule has 1 aliphatic heterocycles. The predicted octanol–water partition coefficient (Wildman–Crippen LogP) is 2.01. The van der Waals surface area contributed by atoms with Gasteiger partial charge in [0.15, 0.2) is 5.69 Å². The van der Waals surface area contributed by atoms with Crippen LogP contribution in [0.4, 0.5) is 0 Å². The predicted molar refractivity (Wildman–Crippen MR) is 92.8 cm³/mol. The van der Waals surface area contributed by atoms with Gasteiger partial charge in [0.2, 0.25) is 0 Å². The van der Waals surface area contributed by atoms with Gasteiger partial charge in [0, 0.05) is 25.3 Å². The summed E-state index contributed by atoms with van der Waals surface area (Å²) in [6.45, 7) is 3.63. The van der Waals surface area contributed by atoms with Crippen molar-refractivity contribution in [3.63, 3.8) is 0 Å². The molecule has 1 fully saturated rings. The summed E-state index contributed by atoms with van der Waals surface area (Å²) in [5.74, 6) is 0.732. The van der Waals surface area contributed by atoms with Crippen LogP contribution in [-0.4, -0.2) is 53.9 Å². The summed E-state index contributed by atoms with van der Waals surface area (Å²) in [5, 5.41) is 7.66. The number of carbonyl (C=O) groups excluding carboxylic acids is 1. The lowest BCUT2D eigenvalue weighted by Gasteiger charge is -2.23. The quantitative estimate of drug-likeness (QED) is 0.912. The minimum Gasteiger partial charge on any atom is -0.494 e. The summed E-state index contributed by atoms with van der Waals surface area (Å²) in [7, 11) is 3.55. The monoisotopic (exact) mass is 328 g/mol. The van der Waals surface area contributed by atoms with Crippen molar-refractivity contribution in [1.82, 2.24) is 20.0 Å². The Labute approximate surface area is 142 Å². The molecule has 128 valence electrons. The third-order valence-corrected chi connectivity index (χ3v) is 4.47. The van der Waals surface area contributed by atoms with E-state index in [1.165, 1.54) is 0 Å². The highest BCUT2D eigenvalue weighted by Crippen LogP contribution is 2.24. The molecular weight excluding hydrogens is 304 g/mol. The van der Waals surface area contributed by atoms with Crippen LogP contribution in [-0.2, 0) is 0 Å². The molecule has 1 aromatic heterocycles. The molecule has 6 nitrogen and oxygen atoms in total. The zero-order chi connectivity index (χ0) is 17.1. The van der Waals surface area contributed by atoms with Crippen LogP contribution in [0.1, 0.15) is 28.9 Å². The van der Waals surface area contributed by atoms with Gasteiger partial charge in [0.25, 0.3) is 5.91 Å². The summed E-state index contributed by atoms with van der Waals surface area (Å²) >= 11 is 0. The molecule has 1 amide bonds. The molecule has 1 unspecified atom stereocenters. The van der Waals surface area contributed by atoms with Crippen LogP contribution < -0.4 is 10.1 Å². The number of carbonyl (C=O) groups is 1.